The Kier molecular flexibility index (Phi) is 15.5. The lowest BCUT2D eigenvalue weighted by atomic mass is 9.79. The van der Waals surface area contributed by atoms with Gasteiger partial charge in [0.2, 0.25) is 5.69 Å². The fourth-order valence-corrected chi connectivity index (χ4v) is 11.2. The molecule has 0 bridgehead atoms. The topological polar surface area (TPSA) is 121 Å². The zero-order chi connectivity index (χ0) is 51.1. The summed E-state index contributed by atoms with van der Waals surface area (Å²) in [5.74, 6) is -0.224. The van der Waals surface area contributed by atoms with Gasteiger partial charge in [0.15, 0.2) is 22.1 Å². The maximum Gasteiger partial charge on any atom is 0.306 e. The number of nitrogens with zero attached hydrogens (tertiary/aromatic N) is 4. The Labute approximate surface area is 414 Å². The van der Waals surface area contributed by atoms with Crippen molar-refractivity contribution in [1.29, 1.82) is 0 Å². The van der Waals surface area contributed by atoms with Crippen molar-refractivity contribution in [2.45, 2.75) is 120 Å². The molecule has 6 rings (SSSR count). The number of rotatable bonds is 17. The second kappa shape index (κ2) is 19.9. The normalized spacial score (nSPS) is 18.7. The average Bonchev–Trinajstić information content (AvgIpc) is 3.56. The number of benzene rings is 3. The summed E-state index contributed by atoms with van der Waals surface area (Å²) in [6.45, 7) is 17.7. The van der Waals surface area contributed by atoms with Crippen LogP contribution in [0.3, 0.4) is 0 Å². The monoisotopic (exact) mass is 984 g/mol. The summed E-state index contributed by atoms with van der Waals surface area (Å²) in [5.41, 5.74) is 10.0. The molecule has 0 aromatic heterocycles. The van der Waals surface area contributed by atoms with E-state index < -0.39 is 36.4 Å². The van der Waals surface area contributed by atoms with E-state index in [4.69, 9.17) is 4.74 Å². The summed E-state index contributed by atoms with van der Waals surface area (Å²) >= 11 is 0. The lowest BCUT2D eigenvalue weighted by Gasteiger charge is -2.29. The van der Waals surface area contributed by atoms with Crippen molar-refractivity contribution < 1.29 is 44.5 Å². The number of hydrogen-bond donors (Lipinski definition) is 1. The first-order chi connectivity index (χ1) is 31.8. The van der Waals surface area contributed by atoms with Crippen LogP contribution in [0.1, 0.15) is 109 Å². The van der Waals surface area contributed by atoms with Gasteiger partial charge < -0.3 is 18.6 Å². The van der Waals surface area contributed by atoms with E-state index in [2.05, 4.69) is 128 Å². The van der Waals surface area contributed by atoms with E-state index in [-0.39, 0.29) is 17.3 Å². The van der Waals surface area contributed by atoms with Gasteiger partial charge in [0.05, 0.1) is 77.0 Å². The Hall–Kier alpha value is -4.66. The summed E-state index contributed by atoms with van der Waals surface area (Å²) in [5, 5.41) is 0. The molecule has 11 nitrogen and oxygen atoms in total. The molecule has 3 aromatic carbocycles. The molecule has 2 heterocycles. The zero-order valence-corrected chi connectivity index (χ0v) is 45.5. The Morgan fingerprint density at radius 1 is 0.797 bits per heavy atom. The van der Waals surface area contributed by atoms with E-state index >= 15 is 0 Å². The summed E-state index contributed by atoms with van der Waals surface area (Å²) in [4.78, 5) is 15.2. The van der Waals surface area contributed by atoms with E-state index in [1.165, 1.54) is 23.5 Å². The third kappa shape index (κ3) is 13.0. The van der Waals surface area contributed by atoms with Crippen LogP contribution in [-0.4, -0.2) is 127 Å². The van der Waals surface area contributed by atoms with Gasteiger partial charge in [0.1, 0.15) is 5.60 Å². The van der Waals surface area contributed by atoms with Crippen LogP contribution in [0.4, 0.5) is 11.4 Å². The molecule has 0 unspecified atom stereocenters. The van der Waals surface area contributed by atoms with Crippen molar-refractivity contribution in [1.82, 2.24) is 0 Å². The SMILES string of the molecule is CC(C)(C)OC(=O)CCc1ccc(C2=C(C=CC3=[N+](CCC[N+](C)(C)C)c4ccc(S(C)(=O)=O)cc4C3(C)C)CCCC2=CC=C2N(CCC[N+](C)(C)C)c3ccc(S(=O)(=O)O)cc3C2(C)C)cc1. The summed E-state index contributed by atoms with van der Waals surface area (Å²) < 4.78 is 70.2. The number of fused-ring (bicyclic) bond motifs is 2. The average molecular weight is 984 g/mol. The molecule has 1 N–H and O–H groups in total. The van der Waals surface area contributed by atoms with Crippen LogP contribution in [0.2, 0.25) is 0 Å². The molecule has 0 radical (unpaired) electrons. The summed E-state index contributed by atoms with van der Waals surface area (Å²) in [6, 6.07) is 19.1. The molecule has 2 aliphatic heterocycles. The molecule has 0 amide bonds. The first-order valence-electron chi connectivity index (χ1n) is 24.4. The number of allylic oxidation sites excluding steroid dienone is 8. The Bertz CT molecular complexity index is 2840. The van der Waals surface area contributed by atoms with Crippen LogP contribution in [0.5, 0.6) is 0 Å². The first kappa shape index (κ1) is 53.7. The Balaban J connectivity index is 1.49. The van der Waals surface area contributed by atoms with Crippen LogP contribution in [0.15, 0.2) is 112 Å². The summed E-state index contributed by atoms with van der Waals surface area (Å²) in [7, 11) is 5.32. The second-order valence-electron chi connectivity index (χ2n) is 23.4. The molecule has 374 valence electrons. The molecule has 3 aliphatic rings. The molecular formula is C56H79N4O7S2+3. The van der Waals surface area contributed by atoms with E-state index in [9.17, 15) is 26.2 Å². The van der Waals surface area contributed by atoms with E-state index in [0.29, 0.717) is 11.3 Å². The molecule has 69 heavy (non-hydrogen) atoms. The minimum absolute atomic E-state index is 0.113. The van der Waals surface area contributed by atoms with Crippen molar-refractivity contribution in [3.8, 4) is 0 Å². The van der Waals surface area contributed by atoms with E-state index in [1.807, 2.05) is 39.0 Å². The number of anilines is 1. The number of carbonyl (C=O) groups excluding carboxylic acids is 1. The molecule has 0 saturated heterocycles. The summed E-state index contributed by atoms with van der Waals surface area (Å²) in [6.07, 6.45) is 15.6. The molecule has 13 heteroatoms. The number of esters is 1. The minimum Gasteiger partial charge on any atom is -0.460 e. The number of sulfone groups is 1. The van der Waals surface area contributed by atoms with Gasteiger partial charge in [-0.1, -0.05) is 50.3 Å². The largest absolute Gasteiger partial charge is 0.460 e. The first-order valence-corrected chi connectivity index (χ1v) is 27.7. The standard InChI is InChI=1S/C56H78N4O7S2/c1-54(2,3)67-52(61)33-22-40-20-23-43(24-21-40)53-41(25-31-50-55(4,5)46-38-44(68(14,62)63)27-29-48(46)57(50)34-16-36-59(8,9)10)18-15-19-42(53)26-32-51-56(6,7)47-39-45(69(64,65)66)28-30-49(47)58(51)35-17-37-60(11,12)13/h20-21,23-32,38-39H,15-19,22,33-37H2,1-14H3/q+2/p+1. The maximum atomic E-state index is 12.8. The van der Waals surface area contributed by atoms with Crippen molar-refractivity contribution in [2.24, 2.45) is 0 Å². The van der Waals surface area contributed by atoms with Crippen molar-refractivity contribution in [3.05, 3.63) is 124 Å². The highest BCUT2D eigenvalue weighted by atomic mass is 32.2. The third-order valence-electron chi connectivity index (χ3n) is 13.6. The predicted molar refractivity (Wildman–Crippen MR) is 281 cm³/mol. The maximum absolute atomic E-state index is 12.8. The van der Waals surface area contributed by atoms with Crippen molar-refractivity contribution in [2.75, 3.05) is 79.6 Å². The van der Waals surface area contributed by atoms with Crippen molar-refractivity contribution >= 4 is 48.6 Å². The van der Waals surface area contributed by atoms with E-state index in [1.54, 1.807) is 12.1 Å². The Morgan fingerprint density at radius 3 is 2.03 bits per heavy atom. The zero-order valence-electron chi connectivity index (χ0n) is 43.9. The van der Waals surface area contributed by atoms with E-state index in [0.717, 1.165) is 118 Å². The number of hydrogen-bond acceptors (Lipinski definition) is 7. The van der Waals surface area contributed by atoms with Crippen LogP contribution >= 0.6 is 0 Å². The fraction of sp³-hybridized carbons (Fsp3) is 0.500. The van der Waals surface area contributed by atoms with Crippen LogP contribution in [-0.2, 0) is 46.7 Å². The molecule has 0 saturated carbocycles. The highest BCUT2D eigenvalue weighted by Gasteiger charge is 2.45. The number of quaternary nitrogens is 2. The molecule has 0 atom stereocenters. The fourth-order valence-electron chi connectivity index (χ4n) is 10.1. The van der Waals surface area contributed by atoms with Gasteiger partial charge in [-0.3, -0.25) is 9.35 Å². The minimum atomic E-state index is -4.41. The van der Waals surface area contributed by atoms with Crippen molar-refractivity contribution in [3.63, 3.8) is 0 Å². The van der Waals surface area contributed by atoms with Crippen LogP contribution in [0, 0.1) is 0 Å². The number of aryl methyl sites for hydroxylation is 1. The van der Waals surface area contributed by atoms with Gasteiger partial charge in [0, 0.05) is 60.1 Å². The van der Waals surface area contributed by atoms with Crippen LogP contribution < -0.4 is 4.90 Å². The number of carbonyl (C=O) groups is 1. The smallest absolute Gasteiger partial charge is 0.306 e. The van der Waals surface area contributed by atoms with Gasteiger partial charge >= 0.3 is 5.97 Å². The van der Waals surface area contributed by atoms with Gasteiger partial charge in [-0.25, -0.2) is 8.42 Å². The molecular weight excluding hydrogens is 905 g/mol. The molecule has 3 aromatic rings. The number of ether oxygens (including phenoxy) is 1. The van der Waals surface area contributed by atoms with Crippen LogP contribution in [0.25, 0.3) is 5.57 Å². The Morgan fingerprint density at radius 2 is 1.42 bits per heavy atom. The quantitative estimate of drug-likeness (QED) is 0.0615. The van der Waals surface area contributed by atoms with Gasteiger partial charge in [-0.2, -0.15) is 13.0 Å². The lowest BCUT2D eigenvalue weighted by Crippen LogP contribution is -2.37. The van der Waals surface area contributed by atoms with Gasteiger partial charge in [-0.15, -0.1) is 0 Å². The molecule has 1 aliphatic carbocycles. The highest BCUT2D eigenvalue weighted by molar-refractivity contribution is 7.90. The lowest BCUT2D eigenvalue weighted by molar-refractivity contribution is -0.871. The predicted octanol–water partition coefficient (Wildman–Crippen LogP) is 9.98. The highest BCUT2D eigenvalue weighted by Crippen LogP contribution is 2.49. The second-order valence-corrected chi connectivity index (χ2v) is 26.8. The third-order valence-corrected chi connectivity index (χ3v) is 15.5. The van der Waals surface area contributed by atoms with Gasteiger partial charge in [0.25, 0.3) is 10.1 Å². The van der Waals surface area contributed by atoms with Gasteiger partial charge in [-0.05, 0) is 130 Å². The molecule has 0 fully saturated rings. The molecule has 0 spiro atoms.